The summed E-state index contributed by atoms with van der Waals surface area (Å²) in [5.74, 6) is -1.85. The molecule has 0 spiro atoms. The van der Waals surface area contributed by atoms with Gasteiger partial charge in [0, 0.05) is 6.61 Å². The number of carbonyl (C=O) groups excluding carboxylic acids is 1. The lowest BCUT2D eigenvalue weighted by Crippen LogP contribution is -2.04. The molecule has 180 valence electrons. The van der Waals surface area contributed by atoms with Crippen molar-refractivity contribution >= 4 is 33.5 Å². The number of aromatic hydroxyl groups is 2. The Morgan fingerprint density at radius 3 is 1.47 bits per heavy atom. The maximum absolute atomic E-state index is 11.5. The van der Waals surface area contributed by atoms with Crippen LogP contribution in [0, 0.1) is 0 Å². The lowest BCUT2D eigenvalue weighted by molar-refractivity contribution is 0.0522. The van der Waals surface area contributed by atoms with E-state index in [1.165, 1.54) is 12.1 Å². The third-order valence-electron chi connectivity index (χ3n) is 4.45. The van der Waals surface area contributed by atoms with Crippen LogP contribution in [0.1, 0.15) is 34.6 Å². The molecule has 0 heterocycles. The molecule has 0 aliphatic heterocycles. The number of carbonyl (C=O) groups is 2. The minimum Gasteiger partial charge on any atom is -0.507 e. The minimum absolute atomic E-state index is 0. The predicted molar refractivity (Wildman–Crippen MR) is 129 cm³/mol. The highest BCUT2D eigenvalue weighted by Crippen LogP contribution is 2.26. The Balaban J connectivity index is 0.000000299. The predicted octanol–water partition coefficient (Wildman–Crippen LogP) is 5.12. The van der Waals surface area contributed by atoms with Gasteiger partial charge in [-0.1, -0.05) is 48.5 Å². The first-order valence-electron chi connectivity index (χ1n) is 10.3. The summed E-state index contributed by atoms with van der Waals surface area (Å²) in [5, 5.41) is 38.9. The molecule has 8 heteroatoms. The molecule has 0 saturated carbocycles. The summed E-state index contributed by atoms with van der Waals surface area (Å²) >= 11 is 0. The van der Waals surface area contributed by atoms with E-state index in [9.17, 15) is 19.8 Å². The summed E-state index contributed by atoms with van der Waals surface area (Å²) in [4.78, 5) is 22.2. The van der Waals surface area contributed by atoms with Gasteiger partial charge < -0.3 is 25.2 Å². The number of benzene rings is 4. The van der Waals surface area contributed by atoms with Crippen molar-refractivity contribution in [2.75, 3.05) is 13.2 Å². The van der Waals surface area contributed by atoms with Crippen LogP contribution >= 0.6 is 0 Å². The molecule has 4 rings (SSSR count). The lowest BCUT2D eigenvalue weighted by Gasteiger charge is -2.06. The number of esters is 1. The van der Waals surface area contributed by atoms with Gasteiger partial charge in [0.2, 0.25) is 0 Å². The molecule has 0 bridgehead atoms. The van der Waals surface area contributed by atoms with E-state index >= 15 is 0 Å². The van der Waals surface area contributed by atoms with Crippen LogP contribution in [0.3, 0.4) is 0 Å². The molecule has 4 aromatic rings. The molecule has 7 nitrogen and oxygen atoms in total. The Morgan fingerprint density at radius 1 is 0.735 bits per heavy atom. The third-order valence-corrected chi connectivity index (χ3v) is 4.45. The quantitative estimate of drug-likeness (QED) is 0.307. The van der Waals surface area contributed by atoms with Crippen molar-refractivity contribution in [3.05, 3.63) is 83.9 Å². The van der Waals surface area contributed by atoms with Gasteiger partial charge in [0.25, 0.3) is 0 Å². The van der Waals surface area contributed by atoms with Crippen molar-refractivity contribution in [2.45, 2.75) is 13.8 Å². The zero-order valence-corrected chi connectivity index (χ0v) is 18.8. The van der Waals surface area contributed by atoms with E-state index in [-0.39, 0.29) is 33.9 Å². The normalized spacial score (nSPS) is 9.62. The van der Waals surface area contributed by atoms with Crippen LogP contribution in [-0.4, -0.2) is 45.6 Å². The summed E-state index contributed by atoms with van der Waals surface area (Å²) in [5.41, 5.74) is 0.143. The molecular weight excluding hydrogens is 443 g/mol. The molecule has 4 N–H and O–H groups in total. The van der Waals surface area contributed by atoms with Crippen molar-refractivity contribution in [1.29, 1.82) is 0 Å². The van der Waals surface area contributed by atoms with Gasteiger partial charge in [0.15, 0.2) is 0 Å². The molecule has 34 heavy (non-hydrogen) atoms. The number of fused-ring (bicyclic) bond motifs is 2. The molecule has 0 aliphatic carbocycles. The molecular formula is C26H27FO7. The van der Waals surface area contributed by atoms with Crippen LogP contribution in [0.2, 0.25) is 0 Å². The number of hydrogen-bond donors (Lipinski definition) is 4. The largest absolute Gasteiger partial charge is 0.507 e. The highest BCUT2D eigenvalue weighted by molar-refractivity contribution is 5.99. The molecule has 0 aromatic heterocycles. The average molecular weight is 470 g/mol. The van der Waals surface area contributed by atoms with E-state index < -0.39 is 11.9 Å². The fourth-order valence-corrected chi connectivity index (χ4v) is 3.00. The second-order valence-corrected chi connectivity index (χ2v) is 6.77. The van der Waals surface area contributed by atoms with Gasteiger partial charge in [-0.15, -0.1) is 0 Å². The average Bonchev–Trinajstić information content (AvgIpc) is 2.79. The Labute approximate surface area is 195 Å². The molecule has 0 radical (unpaired) electrons. The summed E-state index contributed by atoms with van der Waals surface area (Å²) in [6.07, 6.45) is 0. The van der Waals surface area contributed by atoms with Crippen molar-refractivity contribution < 1.29 is 39.5 Å². The Bertz CT molecular complexity index is 1250. The van der Waals surface area contributed by atoms with Crippen molar-refractivity contribution in [1.82, 2.24) is 0 Å². The molecule has 0 aliphatic rings. The van der Waals surface area contributed by atoms with E-state index in [2.05, 4.69) is 0 Å². The first-order chi connectivity index (χ1) is 15.8. The number of aliphatic hydroxyl groups excluding tert-OH is 1. The van der Waals surface area contributed by atoms with Crippen LogP contribution in [0.5, 0.6) is 11.5 Å². The Kier molecular flexibility index (Phi) is 11.0. The first-order valence-corrected chi connectivity index (χ1v) is 10.3. The summed E-state index contributed by atoms with van der Waals surface area (Å²) in [7, 11) is 0. The standard InChI is InChI=1S/C13H12O3.C11H8O3.C2H6O.FH/c1-2-16-13(15)11-7-9-5-3-4-6-10(9)8-12(11)14;12-10-6-8-4-2-1-3-7(8)5-9(10)11(13)14;1-2-3;/h3-8,14H,2H2,1H3;1-6,12H,(H,13,14);3H,2H2,1H3;1H. The maximum Gasteiger partial charge on any atom is 0.341 e. The molecule has 0 atom stereocenters. The number of rotatable bonds is 3. The van der Waals surface area contributed by atoms with Crippen molar-refractivity contribution in [2.24, 2.45) is 0 Å². The van der Waals surface area contributed by atoms with E-state index in [0.717, 1.165) is 21.5 Å². The number of hydrogen-bond acceptors (Lipinski definition) is 6. The number of phenolic OH excluding ortho intramolecular Hbond substituents is 1. The molecule has 0 saturated heterocycles. The second kappa shape index (κ2) is 13.4. The first kappa shape index (κ1) is 27.9. The maximum atomic E-state index is 11.5. The van der Waals surface area contributed by atoms with E-state index in [1.54, 1.807) is 32.0 Å². The number of ether oxygens (including phenoxy) is 1. The van der Waals surface area contributed by atoms with Crippen LogP contribution < -0.4 is 0 Å². The number of carboxylic acids is 1. The van der Waals surface area contributed by atoms with E-state index in [0.29, 0.717) is 6.61 Å². The summed E-state index contributed by atoms with van der Waals surface area (Å²) in [6, 6.07) is 21.0. The molecule has 0 fully saturated rings. The molecule has 4 aromatic carbocycles. The topological polar surface area (TPSA) is 124 Å². The molecule has 0 amide bonds. The van der Waals surface area contributed by atoms with E-state index in [1.807, 2.05) is 42.5 Å². The van der Waals surface area contributed by atoms with E-state index in [4.69, 9.17) is 14.9 Å². The smallest absolute Gasteiger partial charge is 0.341 e. The van der Waals surface area contributed by atoms with Crippen LogP contribution in [0.4, 0.5) is 4.70 Å². The van der Waals surface area contributed by atoms with Crippen molar-refractivity contribution in [3.8, 4) is 11.5 Å². The zero-order chi connectivity index (χ0) is 24.4. The molecule has 0 unspecified atom stereocenters. The highest BCUT2D eigenvalue weighted by Gasteiger charge is 2.13. The zero-order valence-electron chi connectivity index (χ0n) is 18.8. The summed E-state index contributed by atoms with van der Waals surface area (Å²) in [6.45, 7) is 3.96. The fraction of sp³-hybridized carbons (Fsp3) is 0.154. The van der Waals surface area contributed by atoms with Gasteiger partial charge in [0.05, 0.1) is 6.61 Å². The highest BCUT2D eigenvalue weighted by atomic mass is 19.0. The second-order valence-electron chi connectivity index (χ2n) is 6.77. The summed E-state index contributed by atoms with van der Waals surface area (Å²) < 4.78 is 4.86. The van der Waals surface area contributed by atoms with Gasteiger partial charge in [-0.3, -0.25) is 4.70 Å². The number of aliphatic hydroxyl groups is 1. The van der Waals surface area contributed by atoms with Gasteiger partial charge in [-0.25, -0.2) is 9.59 Å². The minimum atomic E-state index is -1.12. The van der Waals surface area contributed by atoms with Crippen molar-refractivity contribution in [3.63, 3.8) is 0 Å². The van der Waals surface area contributed by atoms with Crippen LogP contribution in [-0.2, 0) is 4.74 Å². The third kappa shape index (κ3) is 7.18. The van der Waals surface area contributed by atoms with Gasteiger partial charge in [-0.05, 0) is 59.7 Å². The monoisotopic (exact) mass is 470 g/mol. The fourth-order valence-electron chi connectivity index (χ4n) is 3.00. The SMILES string of the molecule is CCO.CCOC(=O)c1cc2ccccc2cc1O.F.O=C(O)c1cc2ccccc2cc1O. The Hall–Kier alpha value is -4.17. The van der Waals surface area contributed by atoms with Gasteiger partial charge in [-0.2, -0.15) is 0 Å². The van der Waals surface area contributed by atoms with Gasteiger partial charge >= 0.3 is 11.9 Å². The number of phenols is 2. The number of halogens is 1. The number of carboxylic acid groups (broad SMARTS) is 1. The lowest BCUT2D eigenvalue weighted by atomic mass is 10.1. The number of aromatic carboxylic acids is 1. The van der Waals surface area contributed by atoms with Crippen LogP contribution in [0.25, 0.3) is 21.5 Å². The van der Waals surface area contributed by atoms with Gasteiger partial charge in [0.1, 0.15) is 22.6 Å². The van der Waals surface area contributed by atoms with Crippen LogP contribution in [0.15, 0.2) is 72.8 Å². The Morgan fingerprint density at radius 2 is 1.09 bits per heavy atom.